The molecule has 7 heteroatoms. The molecule has 30 heavy (non-hydrogen) atoms. The number of rotatable bonds is 5. The van der Waals surface area contributed by atoms with E-state index in [-0.39, 0.29) is 11.9 Å². The van der Waals surface area contributed by atoms with E-state index in [0.29, 0.717) is 25.5 Å². The van der Waals surface area contributed by atoms with Crippen LogP contribution in [-0.2, 0) is 4.79 Å². The van der Waals surface area contributed by atoms with E-state index >= 15 is 0 Å². The lowest BCUT2D eigenvalue weighted by Crippen LogP contribution is -2.49. The van der Waals surface area contributed by atoms with E-state index in [1.54, 1.807) is 0 Å². The van der Waals surface area contributed by atoms with Gasteiger partial charge in [-0.05, 0) is 18.2 Å². The maximum absolute atomic E-state index is 12.5. The molecule has 2 aliphatic rings. The van der Waals surface area contributed by atoms with Crippen LogP contribution < -0.4 is 20.7 Å². The maximum atomic E-state index is 12.5. The molecule has 1 unspecified atom stereocenters. The molecule has 2 aromatic carbocycles. The van der Waals surface area contributed by atoms with Crippen molar-refractivity contribution in [2.75, 3.05) is 44.2 Å². The SMILES string of the molecule is NC(=NCCC(=O)N1CCN(c2ccccc2)CC1)NC1CCOc2ccccc21. The van der Waals surface area contributed by atoms with Gasteiger partial charge >= 0.3 is 0 Å². The lowest BCUT2D eigenvalue weighted by molar-refractivity contribution is -0.131. The highest BCUT2D eigenvalue weighted by molar-refractivity contribution is 5.80. The fourth-order valence-corrected chi connectivity index (χ4v) is 4.00. The van der Waals surface area contributed by atoms with Crippen molar-refractivity contribution >= 4 is 17.6 Å². The number of hydrogen-bond donors (Lipinski definition) is 2. The minimum absolute atomic E-state index is 0.0838. The number of benzene rings is 2. The second-order valence-electron chi connectivity index (χ2n) is 7.59. The number of anilines is 1. The topological polar surface area (TPSA) is 83.2 Å². The van der Waals surface area contributed by atoms with E-state index in [1.165, 1.54) is 5.69 Å². The normalized spacial score (nSPS) is 19.1. The van der Waals surface area contributed by atoms with Gasteiger partial charge in [0.25, 0.3) is 0 Å². The molecule has 0 aliphatic carbocycles. The number of hydrogen-bond acceptors (Lipinski definition) is 4. The first-order valence-corrected chi connectivity index (χ1v) is 10.6. The van der Waals surface area contributed by atoms with Gasteiger partial charge in [0.1, 0.15) is 5.75 Å². The van der Waals surface area contributed by atoms with E-state index in [9.17, 15) is 4.79 Å². The van der Waals surface area contributed by atoms with E-state index in [1.807, 2.05) is 47.4 Å². The van der Waals surface area contributed by atoms with E-state index in [2.05, 4.69) is 27.3 Å². The van der Waals surface area contributed by atoms with Gasteiger partial charge in [0.05, 0.1) is 19.2 Å². The summed E-state index contributed by atoms with van der Waals surface area (Å²) < 4.78 is 5.68. The van der Waals surface area contributed by atoms with E-state index in [0.717, 1.165) is 43.9 Å². The number of nitrogens with zero attached hydrogens (tertiary/aromatic N) is 3. The monoisotopic (exact) mass is 407 g/mol. The Balaban J connectivity index is 1.22. The predicted molar refractivity (Wildman–Crippen MR) is 119 cm³/mol. The van der Waals surface area contributed by atoms with Crippen molar-refractivity contribution in [3.63, 3.8) is 0 Å². The molecule has 0 aromatic heterocycles. The molecule has 0 spiro atoms. The van der Waals surface area contributed by atoms with Crippen LogP contribution in [-0.4, -0.2) is 56.1 Å². The summed E-state index contributed by atoms with van der Waals surface area (Å²) in [4.78, 5) is 21.1. The van der Waals surface area contributed by atoms with Crippen LogP contribution in [0.25, 0.3) is 0 Å². The summed E-state index contributed by atoms with van der Waals surface area (Å²) in [6.07, 6.45) is 1.20. The molecule has 3 N–H and O–H groups in total. The molecule has 1 atom stereocenters. The van der Waals surface area contributed by atoms with Gasteiger partial charge in [-0.1, -0.05) is 36.4 Å². The number of ether oxygens (including phenoxy) is 1. The van der Waals surface area contributed by atoms with Crippen LogP contribution in [0.4, 0.5) is 5.69 Å². The van der Waals surface area contributed by atoms with Crippen LogP contribution in [0.1, 0.15) is 24.4 Å². The quantitative estimate of drug-likeness (QED) is 0.586. The van der Waals surface area contributed by atoms with Gasteiger partial charge < -0.3 is 25.6 Å². The Morgan fingerprint density at radius 2 is 1.80 bits per heavy atom. The number of amides is 1. The van der Waals surface area contributed by atoms with Crippen molar-refractivity contribution in [1.82, 2.24) is 10.2 Å². The highest BCUT2D eigenvalue weighted by atomic mass is 16.5. The Morgan fingerprint density at radius 1 is 1.07 bits per heavy atom. The highest BCUT2D eigenvalue weighted by Crippen LogP contribution is 2.31. The summed E-state index contributed by atoms with van der Waals surface area (Å²) in [6.45, 7) is 4.22. The Bertz CT molecular complexity index is 878. The number of carbonyl (C=O) groups excluding carboxylic acids is 1. The van der Waals surface area contributed by atoms with Crippen molar-refractivity contribution < 1.29 is 9.53 Å². The molecule has 1 fully saturated rings. The Hall–Kier alpha value is -3.22. The van der Waals surface area contributed by atoms with Gasteiger partial charge in [0, 0.05) is 50.3 Å². The van der Waals surface area contributed by atoms with Crippen molar-refractivity contribution in [3.8, 4) is 5.75 Å². The number of fused-ring (bicyclic) bond motifs is 1. The molecular formula is C23H29N5O2. The number of carbonyl (C=O) groups is 1. The summed E-state index contributed by atoms with van der Waals surface area (Å²) >= 11 is 0. The standard InChI is InChI=1S/C23H29N5O2/c24-23(26-20-11-17-30-21-9-5-4-8-19(20)21)25-12-10-22(29)28-15-13-27(14-16-28)18-6-2-1-3-7-18/h1-9,20H,10-17H2,(H3,24,25,26). The Labute approximate surface area is 177 Å². The zero-order valence-electron chi connectivity index (χ0n) is 17.2. The van der Waals surface area contributed by atoms with Gasteiger partial charge in [0.2, 0.25) is 5.91 Å². The number of aliphatic imine (C=N–C) groups is 1. The van der Waals surface area contributed by atoms with E-state index in [4.69, 9.17) is 10.5 Å². The fourth-order valence-electron chi connectivity index (χ4n) is 4.00. The smallest absolute Gasteiger partial charge is 0.224 e. The highest BCUT2D eigenvalue weighted by Gasteiger charge is 2.22. The molecule has 0 saturated carbocycles. The van der Waals surface area contributed by atoms with Crippen molar-refractivity contribution in [2.45, 2.75) is 18.9 Å². The summed E-state index contributed by atoms with van der Waals surface area (Å²) in [5, 5.41) is 3.27. The number of para-hydroxylation sites is 2. The number of guanidine groups is 1. The number of nitrogens with one attached hydrogen (secondary N) is 1. The van der Waals surface area contributed by atoms with Gasteiger partial charge in [-0.2, -0.15) is 0 Å². The van der Waals surface area contributed by atoms with Crippen LogP contribution >= 0.6 is 0 Å². The molecule has 1 saturated heterocycles. The lowest BCUT2D eigenvalue weighted by Gasteiger charge is -2.36. The zero-order valence-corrected chi connectivity index (χ0v) is 17.2. The Kier molecular flexibility index (Phi) is 6.37. The molecule has 158 valence electrons. The first-order chi connectivity index (χ1) is 14.7. The molecular weight excluding hydrogens is 378 g/mol. The van der Waals surface area contributed by atoms with Gasteiger partial charge in [-0.25, -0.2) is 0 Å². The molecule has 0 radical (unpaired) electrons. The summed E-state index contributed by atoms with van der Waals surface area (Å²) in [5.41, 5.74) is 8.38. The van der Waals surface area contributed by atoms with Crippen LogP contribution in [0, 0.1) is 0 Å². The average molecular weight is 408 g/mol. The minimum atomic E-state index is 0.0838. The van der Waals surface area contributed by atoms with Crippen molar-refractivity contribution in [2.24, 2.45) is 10.7 Å². The van der Waals surface area contributed by atoms with Crippen LogP contribution in [0.2, 0.25) is 0 Å². The molecule has 0 bridgehead atoms. The molecule has 4 rings (SSSR count). The van der Waals surface area contributed by atoms with Gasteiger partial charge in [-0.15, -0.1) is 0 Å². The minimum Gasteiger partial charge on any atom is -0.493 e. The first kappa shape index (κ1) is 20.1. The number of nitrogens with two attached hydrogens (primary N) is 1. The maximum Gasteiger partial charge on any atom is 0.224 e. The second-order valence-corrected chi connectivity index (χ2v) is 7.59. The molecule has 7 nitrogen and oxygen atoms in total. The van der Waals surface area contributed by atoms with Crippen LogP contribution in [0.3, 0.4) is 0 Å². The summed E-state index contributed by atoms with van der Waals surface area (Å²) in [7, 11) is 0. The lowest BCUT2D eigenvalue weighted by atomic mass is 10.0. The third-order valence-electron chi connectivity index (χ3n) is 5.64. The first-order valence-electron chi connectivity index (χ1n) is 10.6. The van der Waals surface area contributed by atoms with Crippen LogP contribution in [0.15, 0.2) is 59.6 Å². The molecule has 2 aromatic rings. The molecule has 2 aliphatic heterocycles. The summed E-state index contributed by atoms with van der Waals surface area (Å²) in [6, 6.07) is 18.4. The van der Waals surface area contributed by atoms with Gasteiger partial charge in [-0.3, -0.25) is 9.79 Å². The predicted octanol–water partition coefficient (Wildman–Crippen LogP) is 2.15. The largest absolute Gasteiger partial charge is 0.493 e. The molecule has 1 amide bonds. The van der Waals surface area contributed by atoms with Crippen molar-refractivity contribution in [1.29, 1.82) is 0 Å². The molecule has 2 heterocycles. The zero-order chi connectivity index (χ0) is 20.8. The fraction of sp³-hybridized carbons (Fsp3) is 0.391. The van der Waals surface area contributed by atoms with Gasteiger partial charge in [0.15, 0.2) is 5.96 Å². The van der Waals surface area contributed by atoms with Crippen LogP contribution in [0.5, 0.6) is 5.75 Å². The Morgan fingerprint density at radius 3 is 2.60 bits per heavy atom. The third kappa shape index (κ3) is 4.84. The van der Waals surface area contributed by atoms with E-state index < -0.39 is 0 Å². The van der Waals surface area contributed by atoms with Crippen molar-refractivity contribution in [3.05, 3.63) is 60.2 Å². The second kappa shape index (κ2) is 9.52. The summed E-state index contributed by atoms with van der Waals surface area (Å²) in [5.74, 6) is 1.40. The number of piperazine rings is 1. The third-order valence-corrected chi connectivity index (χ3v) is 5.64. The average Bonchev–Trinajstić information content (AvgIpc) is 2.80.